The maximum absolute atomic E-state index is 11.9. The van der Waals surface area contributed by atoms with E-state index >= 15 is 0 Å². The van der Waals surface area contributed by atoms with Crippen LogP contribution in [0.3, 0.4) is 0 Å². The van der Waals surface area contributed by atoms with Crippen molar-refractivity contribution < 1.29 is 13.2 Å². The van der Waals surface area contributed by atoms with Crippen LogP contribution in [0.5, 0.6) is 0 Å². The Labute approximate surface area is 109 Å². The van der Waals surface area contributed by atoms with Gasteiger partial charge in [0.05, 0.1) is 6.26 Å². The van der Waals surface area contributed by atoms with Gasteiger partial charge in [0.1, 0.15) is 0 Å². The third-order valence-corrected chi connectivity index (χ3v) is 5.30. The highest BCUT2D eigenvalue weighted by Crippen LogP contribution is 2.25. The molecule has 0 radical (unpaired) electrons. The summed E-state index contributed by atoms with van der Waals surface area (Å²) in [5, 5.41) is 3.07. The van der Waals surface area contributed by atoms with Crippen molar-refractivity contribution in [3.8, 4) is 0 Å². The Morgan fingerprint density at radius 2 is 1.67 bits per heavy atom. The Hall–Kier alpha value is -0.620. The second-order valence-electron chi connectivity index (χ2n) is 5.43. The van der Waals surface area contributed by atoms with Gasteiger partial charge in [-0.1, -0.05) is 12.8 Å². The van der Waals surface area contributed by atoms with Crippen molar-refractivity contribution in [3.63, 3.8) is 0 Å². The molecule has 18 heavy (non-hydrogen) atoms. The molecule has 0 atom stereocenters. The van der Waals surface area contributed by atoms with Crippen LogP contribution in [0.15, 0.2) is 0 Å². The van der Waals surface area contributed by atoms with E-state index in [0.29, 0.717) is 13.1 Å². The minimum absolute atomic E-state index is 0.149. The fourth-order valence-corrected chi connectivity index (χ4v) is 3.71. The summed E-state index contributed by atoms with van der Waals surface area (Å²) < 4.78 is 24.2. The van der Waals surface area contributed by atoms with Gasteiger partial charge in [0.15, 0.2) is 0 Å². The maximum Gasteiger partial charge on any atom is 0.223 e. The Balaban J connectivity index is 1.78. The Kier molecular flexibility index (Phi) is 4.27. The molecular weight excluding hydrogens is 252 g/mol. The van der Waals surface area contributed by atoms with Crippen LogP contribution >= 0.6 is 0 Å². The maximum atomic E-state index is 11.9. The molecule has 2 rings (SSSR count). The third kappa shape index (κ3) is 3.45. The summed E-state index contributed by atoms with van der Waals surface area (Å²) in [5.41, 5.74) is 0. The fraction of sp³-hybridized carbons (Fsp3) is 0.917. The second kappa shape index (κ2) is 5.57. The Morgan fingerprint density at radius 1 is 1.11 bits per heavy atom. The standard InChI is InChI=1S/C12H22N2O3S/c1-18(16,17)14-8-6-11(7-9-14)13-12(15)10-4-2-3-5-10/h10-11H,2-9H2,1H3,(H,13,15). The number of nitrogens with one attached hydrogen (secondary N) is 1. The van der Waals surface area contributed by atoms with Crippen LogP contribution in [0.1, 0.15) is 38.5 Å². The molecule has 2 fully saturated rings. The zero-order chi connectivity index (χ0) is 13.2. The predicted molar refractivity (Wildman–Crippen MR) is 69.5 cm³/mol. The van der Waals surface area contributed by atoms with E-state index in [2.05, 4.69) is 5.32 Å². The molecular formula is C12H22N2O3S. The van der Waals surface area contributed by atoms with Crippen LogP contribution in [-0.2, 0) is 14.8 Å². The molecule has 1 N–H and O–H groups in total. The van der Waals surface area contributed by atoms with Crippen LogP contribution in [0.4, 0.5) is 0 Å². The van der Waals surface area contributed by atoms with Gasteiger partial charge in [-0.2, -0.15) is 0 Å². The molecule has 0 aromatic heterocycles. The molecule has 1 aliphatic heterocycles. The van der Waals surface area contributed by atoms with Gasteiger partial charge in [-0.15, -0.1) is 0 Å². The lowest BCUT2D eigenvalue weighted by Gasteiger charge is -2.31. The molecule has 0 aromatic rings. The number of sulfonamides is 1. The number of amides is 1. The summed E-state index contributed by atoms with van der Waals surface area (Å²) in [5.74, 6) is 0.364. The summed E-state index contributed by atoms with van der Waals surface area (Å²) in [6.45, 7) is 1.04. The molecule has 0 spiro atoms. The Bertz CT molecular complexity index is 394. The largest absolute Gasteiger partial charge is 0.353 e. The summed E-state index contributed by atoms with van der Waals surface area (Å²) >= 11 is 0. The van der Waals surface area contributed by atoms with Crippen molar-refractivity contribution in [1.29, 1.82) is 0 Å². The molecule has 1 aliphatic carbocycles. The first-order valence-electron chi connectivity index (χ1n) is 6.72. The van der Waals surface area contributed by atoms with E-state index in [1.54, 1.807) is 0 Å². The number of hydrogen-bond donors (Lipinski definition) is 1. The monoisotopic (exact) mass is 274 g/mol. The molecule has 0 bridgehead atoms. The molecule has 1 saturated heterocycles. The highest BCUT2D eigenvalue weighted by molar-refractivity contribution is 7.88. The van der Waals surface area contributed by atoms with E-state index in [9.17, 15) is 13.2 Å². The lowest BCUT2D eigenvalue weighted by molar-refractivity contribution is -0.125. The molecule has 5 nitrogen and oxygen atoms in total. The number of hydrogen-bond acceptors (Lipinski definition) is 3. The molecule has 1 amide bonds. The van der Waals surface area contributed by atoms with Gasteiger partial charge in [-0.05, 0) is 25.7 Å². The average Bonchev–Trinajstić information content (AvgIpc) is 2.82. The van der Waals surface area contributed by atoms with Crippen molar-refractivity contribution in [3.05, 3.63) is 0 Å². The number of piperidine rings is 1. The van der Waals surface area contributed by atoms with E-state index in [1.165, 1.54) is 10.6 Å². The first-order chi connectivity index (χ1) is 8.47. The van der Waals surface area contributed by atoms with E-state index in [0.717, 1.165) is 38.5 Å². The molecule has 1 saturated carbocycles. The van der Waals surface area contributed by atoms with Gasteiger partial charge in [-0.25, -0.2) is 12.7 Å². The van der Waals surface area contributed by atoms with E-state index in [4.69, 9.17) is 0 Å². The summed E-state index contributed by atoms with van der Waals surface area (Å²) in [4.78, 5) is 11.9. The minimum Gasteiger partial charge on any atom is -0.353 e. The first kappa shape index (κ1) is 13.8. The lowest BCUT2D eigenvalue weighted by atomic mass is 10.0. The summed E-state index contributed by atoms with van der Waals surface area (Å²) in [6.07, 6.45) is 7.03. The smallest absolute Gasteiger partial charge is 0.223 e. The van der Waals surface area contributed by atoms with Crippen molar-refractivity contribution in [2.24, 2.45) is 5.92 Å². The van der Waals surface area contributed by atoms with Crippen LogP contribution in [-0.4, -0.2) is 44.0 Å². The first-order valence-corrected chi connectivity index (χ1v) is 8.57. The van der Waals surface area contributed by atoms with Crippen LogP contribution in [0, 0.1) is 5.92 Å². The van der Waals surface area contributed by atoms with Crippen molar-refractivity contribution in [1.82, 2.24) is 9.62 Å². The number of carbonyl (C=O) groups is 1. The summed E-state index contributed by atoms with van der Waals surface area (Å²) in [7, 11) is -3.07. The average molecular weight is 274 g/mol. The highest BCUT2D eigenvalue weighted by Gasteiger charge is 2.28. The SMILES string of the molecule is CS(=O)(=O)N1CCC(NC(=O)C2CCCC2)CC1. The molecule has 2 aliphatic rings. The normalized spacial score (nSPS) is 24.3. The molecule has 0 aromatic carbocycles. The van der Waals surface area contributed by atoms with Gasteiger partial charge >= 0.3 is 0 Å². The predicted octanol–water partition coefficient (Wildman–Crippen LogP) is 0.717. The Morgan fingerprint density at radius 3 is 2.17 bits per heavy atom. The van der Waals surface area contributed by atoms with Crippen LogP contribution in [0.2, 0.25) is 0 Å². The topological polar surface area (TPSA) is 66.5 Å². The molecule has 0 unspecified atom stereocenters. The molecule has 1 heterocycles. The van der Waals surface area contributed by atoms with E-state index in [-0.39, 0.29) is 17.9 Å². The van der Waals surface area contributed by atoms with E-state index in [1.807, 2.05) is 0 Å². The number of nitrogens with zero attached hydrogens (tertiary/aromatic N) is 1. The fourth-order valence-electron chi connectivity index (χ4n) is 2.84. The summed E-state index contributed by atoms with van der Waals surface area (Å²) in [6, 6.07) is 0.149. The molecule has 104 valence electrons. The second-order valence-corrected chi connectivity index (χ2v) is 7.41. The quantitative estimate of drug-likeness (QED) is 0.824. The van der Waals surface area contributed by atoms with Gasteiger partial charge in [0.2, 0.25) is 15.9 Å². The van der Waals surface area contributed by atoms with Crippen LogP contribution in [0.25, 0.3) is 0 Å². The van der Waals surface area contributed by atoms with Crippen molar-refractivity contribution in [2.75, 3.05) is 19.3 Å². The van der Waals surface area contributed by atoms with Gasteiger partial charge in [0.25, 0.3) is 0 Å². The van der Waals surface area contributed by atoms with Crippen molar-refractivity contribution >= 4 is 15.9 Å². The lowest BCUT2D eigenvalue weighted by Crippen LogP contribution is -2.47. The van der Waals surface area contributed by atoms with E-state index < -0.39 is 10.0 Å². The van der Waals surface area contributed by atoms with Gasteiger partial charge < -0.3 is 5.32 Å². The van der Waals surface area contributed by atoms with Gasteiger partial charge in [0, 0.05) is 25.0 Å². The molecule has 6 heteroatoms. The third-order valence-electron chi connectivity index (χ3n) is 4.00. The number of carbonyl (C=O) groups excluding carboxylic acids is 1. The van der Waals surface area contributed by atoms with Crippen molar-refractivity contribution in [2.45, 2.75) is 44.6 Å². The zero-order valence-corrected chi connectivity index (χ0v) is 11.7. The number of rotatable bonds is 3. The minimum atomic E-state index is -3.07. The zero-order valence-electron chi connectivity index (χ0n) is 10.9. The van der Waals surface area contributed by atoms with Gasteiger partial charge in [-0.3, -0.25) is 4.79 Å². The highest BCUT2D eigenvalue weighted by atomic mass is 32.2. The van der Waals surface area contributed by atoms with Crippen LogP contribution < -0.4 is 5.32 Å².